The molecule has 1 heterocycles. The molecule has 0 aliphatic rings. The fraction of sp³-hybridized carbons (Fsp3) is 0.200. The van der Waals surface area contributed by atoms with E-state index in [4.69, 9.17) is 14.7 Å². The maximum absolute atomic E-state index is 8.43. The maximum Gasteiger partial charge on any atom is 0.212 e. The van der Waals surface area contributed by atoms with Crippen molar-refractivity contribution in [3.8, 4) is 17.7 Å². The largest absolute Gasteiger partial charge is 0.481 e. The summed E-state index contributed by atoms with van der Waals surface area (Å²) in [7, 11) is 1.59. The summed E-state index contributed by atoms with van der Waals surface area (Å²) in [5, 5.41) is 11.7. The van der Waals surface area contributed by atoms with Gasteiger partial charge < -0.3 is 14.8 Å². The number of aromatic nitrogens is 1. The number of hydrogen-bond donors (Lipinski definition) is 1. The number of hydrogen-bond acceptors (Lipinski definition) is 5. The molecule has 0 aliphatic carbocycles. The van der Waals surface area contributed by atoms with Crippen LogP contribution < -0.4 is 14.8 Å². The molecule has 2 aromatic rings. The number of ether oxygens (including phenoxy) is 2. The van der Waals surface area contributed by atoms with Gasteiger partial charge >= 0.3 is 0 Å². The van der Waals surface area contributed by atoms with Crippen LogP contribution in [0.25, 0.3) is 0 Å². The summed E-state index contributed by atoms with van der Waals surface area (Å²) in [6.07, 6.45) is 1.77. The van der Waals surface area contributed by atoms with Gasteiger partial charge in [-0.2, -0.15) is 5.26 Å². The molecule has 0 unspecified atom stereocenters. The van der Waals surface area contributed by atoms with Crippen molar-refractivity contribution in [2.75, 3.05) is 19.0 Å². The van der Waals surface area contributed by atoms with Gasteiger partial charge in [-0.3, -0.25) is 0 Å². The smallest absolute Gasteiger partial charge is 0.212 e. The highest BCUT2D eigenvalue weighted by atomic mass is 16.5. The molecular formula is C15H15N3O2. The van der Waals surface area contributed by atoms with Crippen LogP contribution in [0.5, 0.6) is 11.6 Å². The second-order valence-corrected chi connectivity index (χ2v) is 4.03. The third kappa shape index (κ3) is 3.89. The van der Waals surface area contributed by atoms with Gasteiger partial charge in [-0.15, -0.1) is 0 Å². The minimum absolute atomic E-state index is 0.0598. The van der Waals surface area contributed by atoms with E-state index in [1.807, 2.05) is 42.5 Å². The minimum Gasteiger partial charge on any atom is -0.481 e. The lowest BCUT2D eigenvalue weighted by atomic mass is 10.2. The van der Waals surface area contributed by atoms with E-state index in [1.165, 1.54) is 0 Å². The predicted molar refractivity (Wildman–Crippen MR) is 75.7 cm³/mol. The lowest BCUT2D eigenvalue weighted by molar-refractivity contribution is 0.368. The normalized spacial score (nSPS) is 9.60. The molecule has 20 heavy (non-hydrogen) atoms. The molecule has 1 aromatic heterocycles. The maximum atomic E-state index is 8.43. The van der Waals surface area contributed by atoms with E-state index < -0.39 is 0 Å². The fourth-order valence-electron chi connectivity index (χ4n) is 1.62. The van der Waals surface area contributed by atoms with Gasteiger partial charge in [0.2, 0.25) is 5.88 Å². The zero-order valence-corrected chi connectivity index (χ0v) is 11.2. The first-order valence-corrected chi connectivity index (χ1v) is 6.14. The Kier molecular flexibility index (Phi) is 4.79. The number of benzene rings is 1. The summed E-state index contributed by atoms with van der Waals surface area (Å²) in [5.41, 5.74) is 2.04. The number of methoxy groups -OCH3 is 1. The van der Waals surface area contributed by atoms with Gasteiger partial charge in [0.05, 0.1) is 7.11 Å². The molecule has 2 rings (SSSR count). The van der Waals surface area contributed by atoms with Crippen LogP contribution in [0.2, 0.25) is 0 Å². The molecule has 0 atom stereocenters. The third-order valence-electron chi connectivity index (χ3n) is 2.66. The van der Waals surface area contributed by atoms with Crippen LogP contribution in [0, 0.1) is 11.3 Å². The van der Waals surface area contributed by atoms with Crippen molar-refractivity contribution in [2.24, 2.45) is 0 Å². The van der Waals surface area contributed by atoms with Crippen molar-refractivity contribution in [1.29, 1.82) is 5.26 Å². The van der Waals surface area contributed by atoms with Gasteiger partial charge in [-0.05, 0) is 29.8 Å². The van der Waals surface area contributed by atoms with Gasteiger partial charge in [0, 0.05) is 24.5 Å². The summed E-state index contributed by atoms with van der Waals surface area (Å²) in [5.74, 6) is 1.29. The summed E-state index contributed by atoms with van der Waals surface area (Å²) in [6.45, 7) is 0.736. The quantitative estimate of drug-likeness (QED) is 0.873. The first-order valence-electron chi connectivity index (χ1n) is 6.14. The second-order valence-electron chi connectivity index (χ2n) is 4.03. The van der Waals surface area contributed by atoms with Crippen molar-refractivity contribution < 1.29 is 9.47 Å². The van der Waals surface area contributed by atoms with E-state index in [2.05, 4.69) is 10.3 Å². The monoisotopic (exact) mass is 269 g/mol. The van der Waals surface area contributed by atoms with Crippen molar-refractivity contribution in [2.45, 2.75) is 6.54 Å². The highest BCUT2D eigenvalue weighted by molar-refractivity contribution is 5.46. The molecule has 0 fully saturated rings. The van der Waals surface area contributed by atoms with Gasteiger partial charge in [0.15, 0.2) is 6.61 Å². The number of nitrogens with zero attached hydrogens (tertiary/aromatic N) is 2. The number of pyridine rings is 1. The topological polar surface area (TPSA) is 67.2 Å². The lowest BCUT2D eigenvalue weighted by Gasteiger charge is -2.08. The van der Waals surface area contributed by atoms with Crippen LogP contribution in [-0.4, -0.2) is 18.7 Å². The molecule has 5 nitrogen and oxygen atoms in total. The molecule has 0 radical (unpaired) electrons. The molecular weight excluding hydrogens is 254 g/mol. The summed E-state index contributed by atoms with van der Waals surface area (Å²) in [6, 6.07) is 13.2. The average Bonchev–Trinajstić information content (AvgIpc) is 2.52. The van der Waals surface area contributed by atoms with Gasteiger partial charge in [-0.1, -0.05) is 6.07 Å². The lowest BCUT2D eigenvalue weighted by Crippen LogP contribution is -2.00. The van der Waals surface area contributed by atoms with E-state index in [0.29, 0.717) is 18.2 Å². The first kappa shape index (κ1) is 13.7. The molecule has 1 aromatic carbocycles. The van der Waals surface area contributed by atoms with Crippen molar-refractivity contribution in [3.05, 3.63) is 48.2 Å². The Morgan fingerprint density at radius 2 is 2.00 bits per heavy atom. The number of nitrogens with one attached hydrogen (secondary N) is 1. The SMILES string of the molecule is COc1ccc(CNc2ccc(OCC#N)cc2)cn1. The summed E-state index contributed by atoms with van der Waals surface area (Å²) in [4.78, 5) is 4.14. The molecule has 0 spiro atoms. The van der Waals surface area contributed by atoms with E-state index in [1.54, 1.807) is 13.3 Å². The van der Waals surface area contributed by atoms with Crippen molar-refractivity contribution in [1.82, 2.24) is 4.98 Å². The van der Waals surface area contributed by atoms with Crippen LogP contribution in [-0.2, 0) is 6.54 Å². The van der Waals surface area contributed by atoms with Crippen LogP contribution >= 0.6 is 0 Å². The van der Waals surface area contributed by atoms with Crippen molar-refractivity contribution >= 4 is 5.69 Å². The molecule has 0 amide bonds. The Labute approximate surface area is 117 Å². The Morgan fingerprint density at radius 3 is 2.60 bits per heavy atom. The Hall–Kier alpha value is -2.74. The molecule has 5 heteroatoms. The van der Waals surface area contributed by atoms with Crippen molar-refractivity contribution in [3.63, 3.8) is 0 Å². The van der Waals surface area contributed by atoms with E-state index in [9.17, 15) is 0 Å². The zero-order chi connectivity index (χ0) is 14.2. The molecule has 0 aliphatic heterocycles. The molecule has 0 bridgehead atoms. The molecule has 0 saturated carbocycles. The standard InChI is InChI=1S/C15H15N3O2/c1-19-15-7-2-12(11-18-15)10-17-13-3-5-14(6-4-13)20-9-8-16/h2-7,11,17H,9-10H2,1H3. The van der Waals surface area contributed by atoms with Gasteiger partial charge in [0.25, 0.3) is 0 Å². The first-order chi connectivity index (χ1) is 9.81. The van der Waals surface area contributed by atoms with E-state index >= 15 is 0 Å². The van der Waals surface area contributed by atoms with E-state index in [-0.39, 0.29) is 6.61 Å². The third-order valence-corrected chi connectivity index (χ3v) is 2.66. The number of nitriles is 1. The van der Waals surface area contributed by atoms with Crippen LogP contribution in [0.15, 0.2) is 42.6 Å². The van der Waals surface area contributed by atoms with Crippen LogP contribution in [0.4, 0.5) is 5.69 Å². The molecule has 102 valence electrons. The molecule has 0 saturated heterocycles. The van der Waals surface area contributed by atoms with Crippen LogP contribution in [0.1, 0.15) is 5.56 Å². The Morgan fingerprint density at radius 1 is 1.20 bits per heavy atom. The minimum atomic E-state index is 0.0598. The number of anilines is 1. The van der Waals surface area contributed by atoms with Gasteiger partial charge in [0.1, 0.15) is 11.8 Å². The summed E-state index contributed by atoms with van der Waals surface area (Å²) >= 11 is 0. The van der Waals surface area contributed by atoms with Gasteiger partial charge in [-0.25, -0.2) is 4.98 Å². The van der Waals surface area contributed by atoms with Crippen LogP contribution in [0.3, 0.4) is 0 Å². The second kappa shape index (κ2) is 7.00. The number of rotatable bonds is 6. The Balaban J connectivity index is 1.88. The highest BCUT2D eigenvalue weighted by Crippen LogP contribution is 2.16. The summed E-state index contributed by atoms with van der Waals surface area (Å²) < 4.78 is 10.2. The molecule has 1 N–H and O–H groups in total. The zero-order valence-electron chi connectivity index (χ0n) is 11.2. The average molecular weight is 269 g/mol. The predicted octanol–water partition coefficient (Wildman–Crippen LogP) is 2.60. The fourth-order valence-corrected chi connectivity index (χ4v) is 1.62. The highest BCUT2D eigenvalue weighted by Gasteiger charge is 1.98. The Bertz CT molecular complexity index is 574. The van der Waals surface area contributed by atoms with E-state index in [0.717, 1.165) is 11.3 Å².